The third-order valence-corrected chi connectivity index (χ3v) is 4.07. The number of benzene rings is 1. The molecule has 1 saturated heterocycles. The Morgan fingerprint density at radius 1 is 1.23 bits per heavy atom. The molecule has 0 bridgehead atoms. The number of hydrogen-bond acceptors (Lipinski definition) is 3. The predicted octanol–water partition coefficient (Wildman–Crippen LogP) is 4.47. The van der Waals surface area contributed by atoms with Crippen molar-refractivity contribution in [1.82, 2.24) is 4.90 Å². The molecule has 1 aliphatic rings. The molecule has 0 atom stereocenters. The molecule has 5 nitrogen and oxygen atoms in total. The van der Waals surface area contributed by atoms with E-state index in [1.165, 1.54) is 31.7 Å². The van der Waals surface area contributed by atoms with E-state index in [1.54, 1.807) is 12.1 Å². The summed E-state index contributed by atoms with van der Waals surface area (Å²) in [6.45, 7) is 8.31. The van der Waals surface area contributed by atoms with Gasteiger partial charge >= 0.3 is 0 Å². The van der Waals surface area contributed by atoms with Crippen molar-refractivity contribution in [2.45, 2.75) is 46.5 Å². The number of nitro benzene ring substituents is 1. The van der Waals surface area contributed by atoms with Gasteiger partial charge < -0.3 is 4.90 Å². The van der Waals surface area contributed by atoms with Crippen molar-refractivity contribution in [3.05, 3.63) is 33.9 Å². The summed E-state index contributed by atoms with van der Waals surface area (Å²) in [5.41, 5.74) is 1.80. The molecule has 0 amide bonds. The molecule has 1 fully saturated rings. The Bertz CT molecular complexity index is 559. The normalized spacial score (nSPS) is 16.7. The maximum Gasteiger partial charge on any atom is 0.269 e. The number of aliphatic imine (C=N–C) groups is 1. The van der Waals surface area contributed by atoms with Crippen molar-refractivity contribution in [2.75, 3.05) is 13.1 Å². The van der Waals surface area contributed by atoms with Crippen LogP contribution in [0.4, 0.5) is 11.4 Å². The SMILES string of the molecule is Cc1cc([N+](=O)[O-])ccc1N=C(C(C)C)N1CCCCCC1. The van der Waals surface area contributed by atoms with Crippen molar-refractivity contribution in [3.63, 3.8) is 0 Å². The van der Waals surface area contributed by atoms with Crippen molar-refractivity contribution in [1.29, 1.82) is 0 Å². The van der Waals surface area contributed by atoms with Crippen LogP contribution in [-0.4, -0.2) is 28.7 Å². The van der Waals surface area contributed by atoms with Crippen molar-refractivity contribution >= 4 is 17.2 Å². The van der Waals surface area contributed by atoms with Gasteiger partial charge in [0.05, 0.1) is 10.6 Å². The number of aryl methyl sites for hydroxylation is 1. The van der Waals surface area contributed by atoms with E-state index in [-0.39, 0.29) is 10.6 Å². The lowest BCUT2D eigenvalue weighted by Gasteiger charge is -2.27. The third-order valence-electron chi connectivity index (χ3n) is 4.07. The van der Waals surface area contributed by atoms with Gasteiger partial charge in [-0.2, -0.15) is 0 Å². The first-order chi connectivity index (χ1) is 10.5. The molecule has 1 aliphatic heterocycles. The minimum atomic E-state index is -0.362. The maximum atomic E-state index is 10.8. The molecule has 1 heterocycles. The van der Waals surface area contributed by atoms with Crippen molar-refractivity contribution in [3.8, 4) is 0 Å². The molecule has 0 unspecified atom stereocenters. The molecule has 0 N–H and O–H groups in total. The first-order valence-corrected chi connectivity index (χ1v) is 8.07. The first-order valence-electron chi connectivity index (χ1n) is 8.07. The summed E-state index contributed by atoms with van der Waals surface area (Å²) in [5.74, 6) is 1.44. The van der Waals surface area contributed by atoms with Gasteiger partial charge in [-0.05, 0) is 31.4 Å². The Labute approximate surface area is 132 Å². The van der Waals surface area contributed by atoms with Gasteiger partial charge in [0.2, 0.25) is 0 Å². The minimum Gasteiger partial charge on any atom is -0.360 e. The standard InChI is InChI=1S/C17H25N3O2/c1-13(2)17(19-10-6-4-5-7-11-19)18-16-9-8-15(20(21)22)12-14(16)3/h8-9,12-13H,4-7,10-11H2,1-3H3. The van der Waals surface area contributed by atoms with Crippen LogP contribution in [0.15, 0.2) is 23.2 Å². The molecule has 2 rings (SSSR count). The van der Waals surface area contributed by atoms with Gasteiger partial charge in [-0.3, -0.25) is 10.1 Å². The number of nitrogens with zero attached hydrogens (tertiary/aromatic N) is 3. The Hall–Kier alpha value is -1.91. The molecule has 22 heavy (non-hydrogen) atoms. The summed E-state index contributed by atoms with van der Waals surface area (Å²) >= 11 is 0. The molecule has 5 heteroatoms. The van der Waals surface area contributed by atoms with Crippen LogP contribution in [0.1, 0.15) is 45.1 Å². The Kier molecular flexibility index (Phi) is 5.52. The van der Waals surface area contributed by atoms with Gasteiger partial charge in [-0.1, -0.05) is 26.7 Å². The summed E-state index contributed by atoms with van der Waals surface area (Å²) in [6, 6.07) is 4.89. The average molecular weight is 303 g/mol. The molecule has 0 radical (unpaired) electrons. The van der Waals surface area contributed by atoms with Crippen molar-refractivity contribution < 1.29 is 4.92 Å². The molecule has 0 spiro atoms. The monoisotopic (exact) mass is 303 g/mol. The quantitative estimate of drug-likeness (QED) is 0.358. The molecule has 0 aliphatic carbocycles. The number of rotatable bonds is 3. The third kappa shape index (κ3) is 4.06. The smallest absolute Gasteiger partial charge is 0.269 e. The lowest BCUT2D eigenvalue weighted by Crippen LogP contribution is -2.35. The fourth-order valence-electron chi connectivity index (χ4n) is 2.87. The van der Waals surface area contributed by atoms with Crippen LogP contribution < -0.4 is 0 Å². The number of hydrogen-bond donors (Lipinski definition) is 0. The predicted molar refractivity (Wildman–Crippen MR) is 89.8 cm³/mol. The number of amidine groups is 1. The number of likely N-dealkylation sites (tertiary alicyclic amines) is 1. The van der Waals surface area contributed by atoms with E-state index in [0.717, 1.165) is 30.2 Å². The number of nitro groups is 1. The number of non-ortho nitro benzene ring substituents is 1. The highest BCUT2D eigenvalue weighted by Gasteiger charge is 2.17. The highest BCUT2D eigenvalue weighted by molar-refractivity contribution is 5.87. The maximum absolute atomic E-state index is 10.8. The summed E-state index contributed by atoms with van der Waals surface area (Å²) in [4.78, 5) is 17.7. The largest absolute Gasteiger partial charge is 0.360 e. The Morgan fingerprint density at radius 3 is 2.36 bits per heavy atom. The molecular weight excluding hydrogens is 278 g/mol. The Balaban J connectivity index is 2.31. The van der Waals surface area contributed by atoms with E-state index in [2.05, 4.69) is 18.7 Å². The van der Waals surface area contributed by atoms with Crippen LogP contribution in [0.2, 0.25) is 0 Å². The van der Waals surface area contributed by atoms with Gasteiger partial charge in [0, 0.05) is 31.1 Å². The highest BCUT2D eigenvalue weighted by atomic mass is 16.6. The van der Waals surface area contributed by atoms with Crippen molar-refractivity contribution in [2.24, 2.45) is 10.9 Å². The van der Waals surface area contributed by atoms with E-state index in [9.17, 15) is 10.1 Å². The average Bonchev–Trinajstić information content (AvgIpc) is 2.74. The van der Waals surface area contributed by atoms with Crippen LogP contribution in [0.3, 0.4) is 0 Å². The second-order valence-corrected chi connectivity index (χ2v) is 6.25. The lowest BCUT2D eigenvalue weighted by molar-refractivity contribution is -0.384. The first kappa shape index (κ1) is 16.5. The minimum absolute atomic E-state index is 0.123. The molecule has 0 aromatic heterocycles. The summed E-state index contributed by atoms with van der Waals surface area (Å²) < 4.78 is 0. The Morgan fingerprint density at radius 2 is 1.86 bits per heavy atom. The van der Waals surface area contributed by atoms with E-state index < -0.39 is 0 Å². The van der Waals surface area contributed by atoms with E-state index in [1.807, 2.05) is 6.92 Å². The fraction of sp³-hybridized carbons (Fsp3) is 0.588. The summed E-state index contributed by atoms with van der Waals surface area (Å²) in [5, 5.41) is 10.8. The zero-order valence-corrected chi connectivity index (χ0v) is 13.7. The van der Waals surface area contributed by atoms with Crippen LogP contribution in [0.25, 0.3) is 0 Å². The van der Waals surface area contributed by atoms with E-state index in [0.29, 0.717) is 5.92 Å². The van der Waals surface area contributed by atoms with Crippen LogP contribution in [-0.2, 0) is 0 Å². The van der Waals surface area contributed by atoms with E-state index in [4.69, 9.17) is 4.99 Å². The zero-order chi connectivity index (χ0) is 16.1. The second kappa shape index (κ2) is 7.38. The van der Waals surface area contributed by atoms with Gasteiger partial charge in [0.25, 0.3) is 5.69 Å². The zero-order valence-electron chi connectivity index (χ0n) is 13.7. The van der Waals surface area contributed by atoms with Gasteiger partial charge in [-0.15, -0.1) is 0 Å². The fourth-order valence-corrected chi connectivity index (χ4v) is 2.87. The van der Waals surface area contributed by atoms with Gasteiger partial charge in [0.1, 0.15) is 5.84 Å². The summed E-state index contributed by atoms with van der Waals surface area (Å²) in [6.07, 6.45) is 5.01. The highest BCUT2D eigenvalue weighted by Crippen LogP contribution is 2.25. The topological polar surface area (TPSA) is 58.7 Å². The van der Waals surface area contributed by atoms with Crippen LogP contribution in [0.5, 0.6) is 0 Å². The molecule has 1 aromatic rings. The summed E-state index contributed by atoms with van der Waals surface area (Å²) in [7, 11) is 0. The van der Waals surface area contributed by atoms with E-state index >= 15 is 0 Å². The lowest BCUT2D eigenvalue weighted by atomic mass is 10.1. The molecule has 0 saturated carbocycles. The molecule has 1 aromatic carbocycles. The van der Waals surface area contributed by atoms with Crippen LogP contribution in [0, 0.1) is 23.0 Å². The van der Waals surface area contributed by atoms with Crippen LogP contribution >= 0.6 is 0 Å². The van der Waals surface area contributed by atoms with Gasteiger partial charge in [0.15, 0.2) is 0 Å². The molecular formula is C17H25N3O2. The molecule has 120 valence electrons. The second-order valence-electron chi connectivity index (χ2n) is 6.25. The van der Waals surface area contributed by atoms with Gasteiger partial charge in [-0.25, -0.2) is 4.99 Å².